The molecule has 2 heterocycles. The molecule has 1 atom stereocenters. The van der Waals surface area contributed by atoms with Crippen molar-refractivity contribution in [2.24, 2.45) is 0 Å². The maximum Gasteiger partial charge on any atom is 0.149 e. The molecule has 0 aliphatic carbocycles. The molecule has 0 radical (unpaired) electrons. The summed E-state index contributed by atoms with van der Waals surface area (Å²) in [6.07, 6.45) is 3.00. The van der Waals surface area contributed by atoms with E-state index < -0.39 is 0 Å². The third-order valence-corrected chi connectivity index (χ3v) is 2.99. The highest BCUT2D eigenvalue weighted by Crippen LogP contribution is 2.14. The third-order valence-electron chi connectivity index (χ3n) is 2.81. The van der Waals surface area contributed by atoms with Gasteiger partial charge in [0.25, 0.3) is 0 Å². The molecule has 2 rings (SSSR count). The van der Waals surface area contributed by atoms with E-state index in [2.05, 4.69) is 19.8 Å². The fourth-order valence-corrected chi connectivity index (χ4v) is 2.16. The summed E-state index contributed by atoms with van der Waals surface area (Å²) >= 11 is 5.82. The number of aliphatic hydroxyl groups is 1. The second kappa shape index (κ2) is 5.62. The standard InChI is InChI=1S/C11H17ClN4O/c1-9(17)8-15-2-4-16(5-3-15)11-7-13-6-10(12)14-11/h6-7,9,17H,2-5,8H2,1H3/t9-/m1/s1. The van der Waals surface area contributed by atoms with Gasteiger partial charge in [-0.3, -0.25) is 9.88 Å². The first-order chi connectivity index (χ1) is 8.15. The number of β-amino-alcohol motifs (C(OH)–C–C–N with tert-alkyl or cyclic N) is 1. The van der Waals surface area contributed by atoms with E-state index in [4.69, 9.17) is 11.6 Å². The molecule has 1 aromatic rings. The van der Waals surface area contributed by atoms with Gasteiger partial charge in [-0.05, 0) is 6.92 Å². The molecule has 1 fully saturated rings. The zero-order valence-electron chi connectivity index (χ0n) is 9.88. The lowest BCUT2D eigenvalue weighted by Gasteiger charge is -2.35. The molecule has 0 bridgehead atoms. The minimum Gasteiger partial charge on any atom is -0.392 e. The van der Waals surface area contributed by atoms with E-state index in [1.165, 1.54) is 6.20 Å². The van der Waals surface area contributed by atoms with Gasteiger partial charge in [-0.15, -0.1) is 0 Å². The molecule has 0 saturated carbocycles. The van der Waals surface area contributed by atoms with Gasteiger partial charge >= 0.3 is 0 Å². The number of aromatic nitrogens is 2. The van der Waals surface area contributed by atoms with Crippen molar-refractivity contribution in [3.63, 3.8) is 0 Å². The van der Waals surface area contributed by atoms with E-state index in [0.29, 0.717) is 5.15 Å². The number of hydrogen-bond donors (Lipinski definition) is 1. The third kappa shape index (κ3) is 3.52. The molecule has 1 saturated heterocycles. The van der Waals surface area contributed by atoms with Crippen LogP contribution in [0.5, 0.6) is 0 Å². The molecule has 5 nitrogen and oxygen atoms in total. The van der Waals surface area contributed by atoms with Crippen molar-refractivity contribution in [2.45, 2.75) is 13.0 Å². The maximum atomic E-state index is 9.33. The average molecular weight is 257 g/mol. The molecular formula is C11H17ClN4O. The Hall–Kier alpha value is -0.910. The normalized spacial score (nSPS) is 19.4. The second-order valence-corrected chi connectivity index (χ2v) is 4.72. The summed E-state index contributed by atoms with van der Waals surface area (Å²) in [4.78, 5) is 12.7. The predicted octanol–water partition coefficient (Wildman–Crippen LogP) is 0.633. The van der Waals surface area contributed by atoms with E-state index in [9.17, 15) is 5.11 Å². The maximum absolute atomic E-state index is 9.33. The lowest BCUT2D eigenvalue weighted by molar-refractivity contribution is 0.122. The van der Waals surface area contributed by atoms with Crippen molar-refractivity contribution in [1.29, 1.82) is 0 Å². The minimum atomic E-state index is -0.271. The number of nitrogens with zero attached hydrogens (tertiary/aromatic N) is 4. The monoisotopic (exact) mass is 256 g/mol. The van der Waals surface area contributed by atoms with Crippen molar-refractivity contribution in [2.75, 3.05) is 37.6 Å². The van der Waals surface area contributed by atoms with E-state index in [0.717, 1.165) is 38.5 Å². The fourth-order valence-electron chi connectivity index (χ4n) is 2.02. The number of piperazine rings is 1. The summed E-state index contributed by atoms with van der Waals surface area (Å²) in [5.74, 6) is 0.828. The van der Waals surface area contributed by atoms with E-state index in [-0.39, 0.29) is 6.10 Å². The van der Waals surface area contributed by atoms with Crippen molar-refractivity contribution in [3.8, 4) is 0 Å². The SMILES string of the molecule is C[C@@H](O)CN1CCN(c2cncc(Cl)n2)CC1. The van der Waals surface area contributed by atoms with Crippen molar-refractivity contribution in [3.05, 3.63) is 17.5 Å². The van der Waals surface area contributed by atoms with Gasteiger partial charge in [0.2, 0.25) is 0 Å². The van der Waals surface area contributed by atoms with Crippen molar-refractivity contribution in [1.82, 2.24) is 14.9 Å². The Labute approximate surface area is 106 Å². The van der Waals surface area contributed by atoms with Gasteiger partial charge in [-0.1, -0.05) is 11.6 Å². The quantitative estimate of drug-likeness (QED) is 0.860. The summed E-state index contributed by atoms with van der Waals surface area (Å²) in [5, 5.41) is 9.75. The number of anilines is 1. The van der Waals surface area contributed by atoms with Crippen LogP contribution in [0.25, 0.3) is 0 Å². The second-order valence-electron chi connectivity index (χ2n) is 4.34. The Balaban J connectivity index is 1.91. The highest BCUT2D eigenvalue weighted by atomic mass is 35.5. The van der Waals surface area contributed by atoms with Crippen LogP contribution in [-0.2, 0) is 0 Å². The van der Waals surface area contributed by atoms with Gasteiger partial charge < -0.3 is 10.0 Å². The Bertz CT molecular complexity index is 366. The molecule has 17 heavy (non-hydrogen) atoms. The van der Waals surface area contributed by atoms with Gasteiger partial charge in [0.15, 0.2) is 0 Å². The predicted molar refractivity (Wildman–Crippen MR) is 67.4 cm³/mol. The number of aliphatic hydroxyl groups excluding tert-OH is 1. The van der Waals surface area contributed by atoms with E-state index >= 15 is 0 Å². The van der Waals surface area contributed by atoms with Gasteiger partial charge in [-0.2, -0.15) is 0 Å². The fraction of sp³-hybridized carbons (Fsp3) is 0.636. The van der Waals surface area contributed by atoms with Crippen LogP contribution in [0.1, 0.15) is 6.92 Å². The highest BCUT2D eigenvalue weighted by molar-refractivity contribution is 6.29. The molecule has 1 aliphatic heterocycles. The summed E-state index contributed by atoms with van der Waals surface area (Å²) < 4.78 is 0. The molecule has 0 unspecified atom stereocenters. The topological polar surface area (TPSA) is 52.5 Å². The number of halogens is 1. The molecule has 0 spiro atoms. The first-order valence-corrected chi connectivity index (χ1v) is 6.16. The van der Waals surface area contributed by atoms with E-state index in [1.807, 2.05) is 6.92 Å². The number of hydrogen-bond acceptors (Lipinski definition) is 5. The van der Waals surface area contributed by atoms with Gasteiger partial charge in [-0.25, -0.2) is 4.98 Å². The van der Waals surface area contributed by atoms with E-state index in [1.54, 1.807) is 6.20 Å². The summed E-state index contributed by atoms with van der Waals surface area (Å²) in [6.45, 7) is 6.19. The summed E-state index contributed by atoms with van der Waals surface area (Å²) in [5.41, 5.74) is 0. The van der Waals surface area contributed by atoms with Crippen molar-refractivity contribution >= 4 is 17.4 Å². The van der Waals surface area contributed by atoms with Crippen LogP contribution in [0.3, 0.4) is 0 Å². The van der Waals surface area contributed by atoms with Crippen LogP contribution in [0.15, 0.2) is 12.4 Å². The molecule has 0 amide bonds. The molecular weight excluding hydrogens is 240 g/mol. The van der Waals surface area contributed by atoms with Gasteiger partial charge in [0.1, 0.15) is 11.0 Å². The molecule has 6 heteroatoms. The Kier molecular flexibility index (Phi) is 4.15. The molecule has 1 aliphatic rings. The number of rotatable bonds is 3. The lowest BCUT2D eigenvalue weighted by atomic mass is 10.3. The van der Waals surface area contributed by atoms with Crippen LogP contribution in [0.4, 0.5) is 5.82 Å². The molecule has 0 aromatic carbocycles. The van der Waals surface area contributed by atoms with Gasteiger partial charge in [0.05, 0.1) is 18.5 Å². The Morgan fingerprint density at radius 3 is 2.65 bits per heavy atom. The Morgan fingerprint density at radius 2 is 2.06 bits per heavy atom. The summed E-state index contributed by atoms with van der Waals surface area (Å²) in [6, 6.07) is 0. The lowest BCUT2D eigenvalue weighted by Crippen LogP contribution is -2.48. The van der Waals surface area contributed by atoms with Crippen LogP contribution < -0.4 is 4.90 Å². The Morgan fingerprint density at radius 1 is 1.35 bits per heavy atom. The largest absolute Gasteiger partial charge is 0.392 e. The first kappa shape index (κ1) is 12.5. The smallest absolute Gasteiger partial charge is 0.149 e. The van der Waals surface area contributed by atoms with Crippen LogP contribution >= 0.6 is 11.6 Å². The zero-order valence-corrected chi connectivity index (χ0v) is 10.6. The molecule has 1 aromatic heterocycles. The molecule has 1 N–H and O–H groups in total. The first-order valence-electron chi connectivity index (χ1n) is 5.78. The van der Waals surface area contributed by atoms with Gasteiger partial charge in [0, 0.05) is 32.7 Å². The van der Waals surface area contributed by atoms with Crippen molar-refractivity contribution < 1.29 is 5.11 Å². The molecule has 94 valence electrons. The minimum absolute atomic E-state index is 0.271. The highest BCUT2D eigenvalue weighted by Gasteiger charge is 2.19. The average Bonchev–Trinajstić information content (AvgIpc) is 2.29. The zero-order chi connectivity index (χ0) is 12.3. The summed E-state index contributed by atoms with van der Waals surface area (Å²) in [7, 11) is 0. The van der Waals surface area contributed by atoms with Crippen LogP contribution in [0.2, 0.25) is 5.15 Å². The van der Waals surface area contributed by atoms with Crippen LogP contribution in [-0.4, -0.2) is 58.8 Å². The van der Waals surface area contributed by atoms with Crippen LogP contribution in [0, 0.1) is 0 Å².